The van der Waals surface area contributed by atoms with Gasteiger partial charge in [0, 0.05) is 46.2 Å². The van der Waals surface area contributed by atoms with Crippen LogP contribution < -0.4 is 10.6 Å². The summed E-state index contributed by atoms with van der Waals surface area (Å²) in [7, 11) is 4.91. The molecule has 3 aromatic rings. The predicted octanol–water partition coefficient (Wildman–Crippen LogP) is 4.41. The molecule has 0 fully saturated rings. The van der Waals surface area contributed by atoms with Gasteiger partial charge in [0.1, 0.15) is 6.61 Å². The molecule has 196 valence electrons. The Morgan fingerprint density at radius 2 is 1.83 bits per heavy atom. The number of halogens is 1. The maximum Gasteiger partial charge on any atom is 0.317 e. The summed E-state index contributed by atoms with van der Waals surface area (Å²) in [6.45, 7) is 8.70. The Kier molecular flexibility index (Phi) is 18.4. The van der Waals surface area contributed by atoms with E-state index in [1.165, 1.54) is 0 Å². The molecule has 1 aromatic heterocycles. The molecule has 0 bridgehead atoms. The highest BCUT2D eigenvalue weighted by atomic mass is 35.5. The van der Waals surface area contributed by atoms with E-state index in [0.717, 1.165) is 11.3 Å². The van der Waals surface area contributed by atoms with E-state index >= 15 is 0 Å². The van der Waals surface area contributed by atoms with E-state index in [-0.39, 0.29) is 6.03 Å². The van der Waals surface area contributed by atoms with Crippen LogP contribution in [0.4, 0.5) is 10.5 Å². The van der Waals surface area contributed by atoms with Crippen molar-refractivity contribution in [2.45, 2.75) is 27.0 Å². The molecule has 2 N–H and O–H groups in total. The minimum absolute atomic E-state index is 0.0625. The normalized spacial score (nSPS) is 9.06. The summed E-state index contributed by atoms with van der Waals surface area (Å²) in [6.07, 6.45) is 0.625. The van der Waals surface area contributed by atoms with Crippen LogP contribution in [0.2, 0.25) is 5.02 Å². The highest BCUT2D eigenvalue weighted by Crippen LogP contribution is 2.09. The molecule has 10 nitrogen and oxygen atoms in total. The lowest BCUT2D eigenvalue weighted by atomic mass is 10.2. The molecule has 0 saturated carbocycles. The van der Waals surface area contributed by atoms with Crippen molar-refractivity contribution in [3.8, 4) is 0 Å². The first-order valence-corrected chi connectivity index (χ1v) is 11.3. The number of nitrogens with zero attached hydrogens (tertiary/aromatic N) is 4. The van der Waals surface area contributed by atoms with E-state index in [4.69, 9.17) is 21.1 Å². The second-order valence-corrected chi connectivity index (χ2v) is 7.30. The van der Waals surface area contributed by atoms with Crippen LogP contribution in [0.3, 0.4) is 0 Å². The molecule has 0 unspecified atom stereocenters. The largest absolute Gasteiger partial charge is 0.377 e. The van der Waals surface area contributed by atoms with Gasteiger partial charge in [0.15, 0.2) is 5.82 Å². The fourth-order valence-electron chi connectivity index (χ4n) is 2.12. The average molecular weight is 519 g/mol. The third-order valence-electron chi connectivity index (χ3n) is 4.08. The number of rotatable bonds is 7. The summed E-state index contributed by atoms with van der Waals surface area (Å²) < 4.78 is 9.43. The van der Waals surface area contributed by atoms with Crippen molar-refractivity contribution in [3.63, 3.8) is 0 Å². The van der Waals surface area contributed by atoms with Crippen molar-refractivity contribution in [2.24, 2.45) is 4.99 Å². The van der Waals surface area contributed by atoms with E-state index in [0.29, 0.717) is 42.8 Å². The maximum atomic E-state index is 11.4. The molecule has 0 saturated heterocycles. The number of benzene rings is 2. The summed E-state index contributed by atoms with van der Waals surface area (Å²) in [6, 6.07) is 17.0. The molecule has 0 aliphatic heterocycles. The minimum Gasteiger partial charge on any atom is -0.377 e. The highest BCUT2D eigenvalue weighted by Gasteiger charge is 2.04. The molecule has 2 aromatic carbocycles. The number of para-hydroxylation sites is 1. The van der Waals surface area contributed by atoms with Gasteiger partial charge >= 0.3 is 6.03 Å². The summed E-state index contributed by atoms with van der Waals surface area (Å²) >= 11 is 5.75. The number of carbonyl (C=O) groups is 2. The van der Waals surface area contributed by atoms with Crippen molar-refractivity contribution in [2.75, 3.05) is 27.7 Å². The van der Waals surface area contributed by atoms with Crippen LogP contribution in [0.1, 0.15) is 24.2 Å². The van der Waals surface area contributed by atoms with Crippen molar-refractivity contribution >= 4 is 36.4 Å². The number of hydrogen-bond acceptors (Lipinski definition) is 7. The van der Waals surface area contributed by atoms with Gasteiger partial charge < -0.3 is 24.8 Å². The van der Waals surface area contributed by atoms with E-state index in [9.17, 15) is 4.79 Å². The molecule has 0 atom stereocenters. The number of nitrogens with one attached hydrogen (secondary N) is 2. The van der Waals surface area contributed by atoms with Crippen molar-refractivity contribution in [3.05, 3.63) is 76.9 Å². The second kappa shape index (κ2) is 20.6. The SMILES string of the molecule is C=Nc1ccccc1.CCN(C)C(=O)NCc1ccc(Cl)cc1.CNC=O.COCc1noc(C)n1. The van der Waals surface area contributed by atoms with Crippen LogP contribution in [0.15, 0.2) is 64.1 Å². The molecule has 0 radical (unpaired) electrons. The molecular formula is C25H35ClN6O4. The van der Waals surface area contributed by atoms with Crippen LogP contribution in [0.25, 0.3) is 0 Å². The smallest absolute Gasteiger partial charge is 0.317 e. The molecule has 0 aliphatic rings. The lowest BCUT2D eigenvalue weighted by Gasteiger charge is -2.15. The summed E-state index contributed by atoms with van der Waals surface area (Å²) in [4.78, 5) is 29.7. The number of amides is 3. The Balaban J connectivity index is 0.000000499. The molecule has 3 rings (SSSR count). The van der Waals surface area contributed by atoms with Gasteiger partial charge in [-0.05, 0) is 43.5 Å². The standard InChI is InChI=1S/C11H15ClN2O.C7H7N.C5H8N2O2.C2H5NO/c1-3-14(2)11(15)13-8-9-4-6-10(12)7-5-9;1-8-7-5-3-2-4-6-7;1-4-6-5(3-8-2)7-9-4;1-3-2-4/h4-7H,3,8H2,1-2H3,(H,13,15);2-6H,1H2;3H2,1-2H3;2H,1H3,(H,3,4). The Bertz CT molecular complexity index is 984. The van der Waals surface area contributed by atoms with Gasteiger partial charge in [-0.1, -0.05) is 47.1 Å². The first-order chi connectivity index (χ1) is 17.3. The van der Waals surface area contributed by atoms with E-state index in [1.807, 2.05) is 61.5 Å². The van der Waals surface area contributed by atoms with Gasteiger partial charge in [-0.2, -0.15) is 4.98 Å². The van der Waals surface area contributed by atoms with Gasteiger partial charge in [-0.3, -0.25) is 9.79 Å². The van der Waals surface area contributed by atoms with Crippen molar-refractivity contribution in [1.82, 2.24) is 25.7 Å². The monoisotopic (exact) mass is 518 g/mol. The minimum atomic E-state index is -0.0625. The number of ether oxygens (including phenoxy) is 1. The van der Waals surface area contributed by atoms with Crippen LogP contribution in [-0.4, -0.2) is 61.9 Å². The number of carbonyl (C=O) groups excluding carboxylic acids is 2. The zero-order valence-electron chi connectivity index (χ0n) is 21.4. The Labute approximate surface area is 217 Å². The number of aliphatic imine (C=N–C) groups is 1. The lowest BCUT2D eigenvalue weighted by Crippen LogP contribution is -2.36. The molecule has 0 aliphatic carbocycles. The first-order valence-electron chi connectivity index (χ1n) is 10.9. The number of urea groups is 1. The summed E-state index contributed by atoms with van der Waals surface area (Å²) in [5, 5.41) is 9.36. The molecular weight excluding hydrogens is 484 g/mol. The molecule has 1 heterocycles. The quantitative estimate of drug-likeness (QED) is 0.353. The third kappa shape index (κ3) is 16.0. The fraction of sp³-hybridized carbons (Fsp3) is 0.320. The number of hydrogen-bond donors (Lipinski definition) is 2. The molecule has 36 heavy (non-hydrogen) atoms. The zero-order chi connectivity index (χ0) is 27.2. The molecule has 3 amide bonds. The lowest BCUT2D eigenvalue weighted by molar-refractivity contribution is -0.109. The van der Waals surface area contributed by atoms with Gasteiger partial charge in [-0.15, -0.1) is 0 Å². The topological polar surface area (TPSA) is 122 Å². The zero-order valence-corrected chi connectivity index (χ0v) is 22.2. The van der Waals surface area contributed by atoms with E-state index in [2.05, 4.69) is 37.0 Å². The van der Waals surface area contributed by atoms with Crippen LogP contribution in [0, 0.1) is 6.92 Å². The Morgan fingerprint density at radius 3 is 2.25 bits per heavy atom. The van der Waals surface area contributed by atoms with E-state index < -0.39 is 0 Å². The Hall–Kier alpha value is -3.76. The fourth-order valence-corrected chi connectivity index (χ4v) is 2.25. The maximum absolute atomic E-state index is 11.4. The Morgan fingerprint density at radius 1 is 1.22 bits per heavy atom. The van der Waals surface area contributed by atoms with Crippen LogP contribution >= 0.6 is 11.6 Å². The van der Waals surface area contributed by atoms with E-state index in [1.54, 1.807) is 33.0 Å². The number of aromatic nitrogens is 2. The van der Waals surface area contributed by atoms with Gasteiger partial charge in [0.05, 0.1) is 5.69 Å². The predicted molar refractivity (Wildman–Crippen MR) is 143 cm³/mol. The van der Waals surface area contributed by atoms with Gasteiger partial charge in [0.2, 0.25) is 12.3 Å². The van der Waals surface area contributed by atoms with Crippen LogP contribution in [-0.2, 0) is 22.7 Å². The third-order valence-corrected chi connectivity index (χ3v) is 4.33. The average Bonchev–Trinajstić information content (AvgIpc) is 3.33. The number of methoxy groups -OCH3 is 1. The summed E-state index contributed by atoms with van der Waals surface area (Å²) in [5.41, 5.74) is 1.96. The second-order valence-electron chi connectivity index (χ2n) is 6.86. The van der Waals surface area contributed by atoms with Gasteiger partial charge in [0.25, 0.3) is 0 Å². The molecule has 0 spiro atoms. The van der Waals surface area contributed by atoms with Crippen LogP contribution in [0.5, 0.6) is 0 Å². The molecule has 11 heteroatoms. The summed E-state index contributed by atoms with van der Waals surface area (Å²) in [5.74, 6) is 1.16. The number of aryl methyl sites for hydroxylation is 1. The van der Waals surface area contributed by atoms with Gasteiger partial charge in [-0.25, -0.2) is 4.79 Å². The highest BCUT2D eigenvalue weighted by molar-refractivity contribution is 6.30. The first kappa shape index (κ1) is 32.2. The van der Waals surface area contributed by atoms with Crippen molar-refractivity contribution < 1.29 is 18.8 Å². The van der Waals surface area contributed by atoms with Crippen molar-refractivity contribution in [1.29, 1.82) is 0 Å².